The minimum absolute atomic E-state index is 0.204. The lowest BCUT2D eigenvalue weighted by atomic mass is 9.85. The number of sulfone groups is 1. The molecular weight excluding hydrogens is 306 g/mol. The highest BCUT2D eigenvalue weighted by Gasteiger charge is 2.34. The molecule has 1 heterocycles. The largest absolute Gasteiger partial charge is 0.316 e. The molecular formula is C16H24ClNO2S. The van der Waals surface area contributed by atoms with Gasteiger partial charge in [-0.2, -0.15) is 0 Å². The molecule has 1 aromatic rings. The second-order valence-corrected chi connectivity index (χ2v) is 9.04. The average Bonchev–Trinajstić information content (AvgIpc) is 2.76. The maximum atomic E-state index is 11.8. The molecule has 3 nitrogen and oxygen atoms in total. The Morgan fingerprint density at radius 1 is 1.24 bits per heavy atom. The molecule has 0 amide bonds. The Bertz CT molecular complexity index is 554. The molecule has 2 atom stereocenters. The van der Waals surface area contributed by atoms with Crippen LogP contribution in [0.15, 0.2) is 24.3 Å². The van der Waals surface area contributed by atoms with Crippen LogP contribution in [0.1, 0.15) is 31.7 Å². The highest BCUT2D eigenvalue weighted by Crippen LogP contribution is 2.33. The van der Waals surface area contributed by atoms with E-state index in [-0.39, 0.29) is 11.8 Å². The van der Waals surface area contributed by atoms with Crippen molar-refractivity contribution >= 4 is 21.4 Å². The average molecular weight is 330 g/mol. The van der Waals surface area contributed by atoms with Crippen LogP contribution in [0.3, 0.4) is 0 Å². The molecule has 21 heavy (non-hydrogen) atoms. The lowest BCUT2D eigenvalue weighted by Crippen LogP contribution is -2.29. The van der Waals surface area contributed by atoms with E-state index in [0.717, 1.165) is 19.5 Å². The number of nitrogens with one attached hydrogen (secondary N) is 1. The minimum Gasteiger partial charge on any atom is -0.316 e. The van der Waals surface area contributed by atoms with Crippen LogP contribution in [0.4, 0.5) is 0 Å². The number of benzene rings is 1. The van der Waals surface area contributed by atoms with Crippen molar-refractivity contribution < 1.29 is 8.42 Å². The third kappa shape index (κ3) is 4.97. The molecule has 1 aliphatic heterocycles. The second kappa shape index (κ2) is 7.12. The summed E-state index contributed by atoms with van der Waals surface area (Å²) in [5.41, 5.74) is 1.18. The normalized spacial score (nSPS) is 22.6. The SMILES string of the molecule is CC(C)CNCC(c1ccc(Cl)cc1)C1CCS(=O)(=O)C1. The summed E-state index contributed by atoms with van der Waals surface area (Å²) >= 11 is 5.96. The Kier molecular flexibility index (Phi) is 5.69. The third-order valence-electron chi connectivity index (χ3n) is 4.05. The first kappa shape index (κ1) is 16.8. The Labute approximate surface area is 133 Å². The van der Waals surface area contributed by atoms with Crippen molar-refractivity contribution in [2.75, 3.05) is 24.6 Å². The quantitative estimate of drug-likeness (QED) is 0.872. The first-order chi connectivity index (χ1) is 9.87. The van der Waals surface area contributed by atoms with E-state index in [1.54, 1.807) is 0 Å². The number of hydrogen-bond acceptors (Lipinski definition) is 3. The van der Waals surface area contributed by atoms with Crippen molar-refractivity contribution in [2.24, 2.45) is 11.8 Å². The van der Waals surface area contributed by atoms with Gasteiger partial charge in [0.05, 0.1) is 11.5 Å². The summed E-state index contributed by atoms with van der Waals surface area (Å²) in [6.07, 6.45) is 0.763. The van der Waals surface area contributed by atoms with Crippen LogP contribution in [-0.2, 0) is 9.84 Å². The predicted octanol–water partition coefficient (Wildman–Crippen LogP) is 3.10. The van der Waals surface area contributed by atoms with Crippen LogP contribution in [0.25, 0.3) is 0 Å². The summed E-state index contributed by atoms with van der Waals surface area (Å²) in [5.74, 6) is 1.66. The lowest BCUT2D eigenvalue weighted by molar-refractivity contribution is 0.424. The number of hydrogen-bond donors (Lipinski definition) is 1. The van der Waals surface area contributed by atoms with E-state index < -0.39 is 9.84 Å². The Morgan fingerprint density at radius 2 is 1.90 bits per heavy atom. The molecule has 118 valence electrons. The van der Waals surface area contributed by atoms with Gasteiger partial charge >= 0.3 is 0 Å². The highest BCUT2D eigenvalue weighted by atomic mass is 35.5. The zero-order valence-corrected chi connectivity index (χ0v) is 14.3. The molecule has 0 spiro atoms. The Morgan fingerprint density at radius 3 is 2.43 bits per heavy atom. The summed E-state index contributed by atoms with van der Waals surface area (Å²) in [5, 5.41) is 4.19. The lowest BCUT2D eigenvalue weighted by Gasteiger charge is -2.24. The van der Waals surface area contributed by atoms with Crippen molar-refractivity contribution in [3.63, 3.8) is 0 Å². The van der Waals surface area contributed by atoms with Crippen molar-refractivity contribution in [1.82, 2.24) is 5.32 Å². The molecule has 0 saturated carbocycles. The molecule has 2 rings (SSSR count). The fourth-order valence-corrected chi connectivity index (χ4v) is 4.94. The fourth-order valence-electron chi connectivity index (χ4n) is 2.94. The topological polar surface area (TPSA) is 46.2 Å². The smallest absolute Gasteiger partial charge is 0.150 e. The van der Waals surface area contributed by atoms with Gasteiger partial charge in [0.2, 0.25) is 0 Å². The Hall–Kier alpha value is -0.580. The molecule has 1 N–H and O–H groups in total. The van der Waals surface area contributed by atoms with Crippen molar-refractivity contribution in [2.45, 2.75) is 26.2 Å². The van der Waals surface area contributed by atoms with Gasteiger partial charge in [-0.05, 0) is 42.5 Å². The van der Waals surface area contributed by atoms with Gasteiger partial charge in [-0.3, -0.25) is 0 Å². The molecule has 0 radical (unpaired) electrons. The van der Waals surface area contributed by atoms with Gasteiger partial charge in [0.25, 0.3) is 0 Å². The molecule has 5 heteroatoms. The molecule has 2 unspecified atom stereocenters. The van der Waals surface area contributed by atoms with Crippen LogP contribution in [0.2, 0.25) is 5.02 Å². The number of rotatable bonds is 6. The molecule has 0 bridgehead atoms. The molecule has 1 saturated heterocycles. The van der Waals surface area contributed by atoms with Crippen LogP contribution in [-0.4, -0.2) is 33.0 Å². The van der Waals surface area contributed by atoms with E-state index in [4.69, 9.17) is 11.6 Å². The summed E-state index contributed by atoms with van der Waals surface area (Å²) < 4.78 is 23.5. The summed E-state index contributed by atoms with van der Waals surface area (Å²) in [7, 11) is -2.85. The zero-order valence-electron chi connectivity index (χ0n) is 12.7. The molecule has 1 fully saturated rings. The monoisotopic (exact) mass is 329 g/mol. The first-order valence-electron chi connectivity index (χ1n) is 7.54. The van der Waals surface area contributed by atoms with Gasteiger partial charge in [-0.25, -0.2) is 8.42 Å². The highest BCUT2D eigenvalue weighted by molar-refractivity contribution is 7.91. The van der Waals surface area contributed by atoms with Gasteiger partial charge in [0.15, 0.2) is 9.84 Å². The van der Waals surface area contributed by atoms with Crippen molar-refractivity contribution in [3.8, 4) is 0 Å². The predicted molar refractivity (Wildman–Crippen MR) is 88.7 cm³/mol. The standard InChI is InChI=1S/C16H24ClNO2S/c1-12(2)9-18-10-16(13-3-5-15(17)6-4-13)14-7-8-21(19,20)11-14/h3-6,12,14,16,18H,7-11H2,1-2H3. The summed E-state index contributed by atoms with van der Waals surface area (Å²) in [4.78, 5) is 0. The number of halogens is 1. The maximum absolute atomic E-state index is 11.8. The van der Waals surface area contributed by atoms with E-state index in [2.05, 4.69) is 19.2 Å². The van der Waals surface area contributed by atoms with E-state index in [0.29, 0.717) is 22.4 Å². The minimum atomic E-state index is -2.85. The first-order valence-corrected chi connectivity index (χ1v) is 9.74. The summed E-state index contributed by atoms with van der Waals surface area (Å²) in [6.45, 7) is 6.11. The molecule has 1 aliphatic rings. The molecule has 1 aromatic carbocycles. The summed E-state index contributed by atoms with van der Waals surface area (Å²) in [6, 6.07) is 7.82. The fraction of sp³-hybridized carbons (Fsp3) is 0.625. The van der Waals surface area contributed by atoms with Crippen LogP contribution in [0, 0.1) is 11.8 Å². The zero-order chi connectivity index (χ0) is 15.5. The van der Waals surface area contributed by atoms with Crippen LogP contribution in [0.5, 0.6) is 0 Å². The van der Waals surface area contributed by atoms with Crippen molar-refractivity contribution in [1.29, 1.82) is 0 Å². The van der Waals surface area contributed by atoms with Gasteiger partial charge < -0.3 is 5.32 Å². The maximum Gasteiger partial charge on any atom is 0.150 e. The van der Waals surface area contributed by atoms with Gasteiger partial charge in [-0.1, -0.05) is 37.6 Å². The van der Waals surface area contributed by atoms with Crippen LogP contribution < -0.4 is 5.32 Å². The van der Waals surface area contributed by atoms with E-state index in [1.807, 2.05) is 24.3 Å². The van der Waals surface area contributed by atoms with Crippen LogP contribution >= 0.6 is 11.6 Å². The van der Waals surface area contributed by atoms with Gasteiger partial charge in [-0.15, -0.1) is 0 Å². The third-order valence-corrected chi connectivity index (χ3v) is 6.10. The van der Waals surface area contributed by atoms with E-state index >= 15 is 0 Å². The van der Waals surface area contributed by atoms with E-state index in [1.165, 1.54) is 5.56 Å². The Balaban J connectivity index is 2.12. The van der Waals surface area contributed by atoms with Gasteiger partial charge in [0.1, 0.15) is 0 Å². The van der Waals surface area contributed by atoms with Gasteiger partial charge in [0, 0.05) is 17.5 Å². The molecule has 0 aromatic heterocycles. The van der Waals surface area contributed by atoms with E-state index in [9.17, 15) is 8.42 Å². The van der Waals surface area contributed by atoms with Crippen molar-refractivity contribution in [3.05, 3.63) is 34.9 Å². The second-order valence-electron chi connectivity index (χ2n) is 6.37. The molecule has 0 aliphatic carbocycles.